The van der Waals surface area contributed by atoms with E-state index in [1.165, 1.54) is 13.0 Å². The van der Waals surface area contributed by atoms with E-state index in [-0.39, 0.29) is 5.56 Å². The Balaban J connectivity index is 3.00. The van der Waals surface area contributed by atoms with Gasteiger partial charge in [0, 0.05) is 12.5 Å². The van der Waals surface area contributed by atoms with E-state index in [4.69, 9.17) is 5.11 Å². The molecule has 0 aromatic heterocycles. The number of carbonyl (C=O) groups excluding carboxylic acids is 2. The van der Waals surface area contributed by atoms with Crippen LogP contribution in [0, 0.1) is 6.92 Å². The van der Waals surface area contributed by atoms with Gasteiger partial charge in [0.1, 0.15) is 0 Å². The summed E-state index contributed by atoms with van der Waals surface area (Å²) in [4.78, 5) is 33.6. The quantitative estimate of drug-likeness (QED) is 0.596. The smallest absolute Gasteiger partial charge is 0.334 e. The summed E-state index contributed by atoms with van der Waals surface area (Å²) in [5, 5.41) is 11.0. The number of carbonyl (C=O) groups is 3. The fourth-order valence-corrected chi connectivity index (χ4v) is 1.41. The first-order valence-electron chi connectivity index (χ1n) is 5.02. The SMILES string of the molecule is CC(=O)NC(C(=O)O)C(=O)c1cccc(C)c1. The van der Waals surface area contributed by atoms with Crippen molar-refractivity contribution in [2.45, 2.75) is 19.9 Å². The minimum atomic E-state index is -1.53. The summed E-state index contributed by atoms with van der Waals surface area (Å²) >= 11 is 0. The highest BCUT2D eigenvalue weighted by Crippen LogP contribution is 2.07. The Morgan fingerprint density at radius 2 is 1.94 bits per heavy atom. The standard InChI is InChI=1S/C12H13NO4/c1-7-4-3-5-9(6-7)11(15)10(12(16)17)13-8(2)14/h3-6,10H,1-2H3,(H,13,14)(H,16,17). The molecule has 5 heteroatoms. The molecule has 5 nitrogen and oxygen atoms in total. The van der Waals surface area contributed by atoms with Crippen molar-refractivity contribution in [3.05, 3.63) is 35.4 Å². The van der Waals surface area contributed by atoms with Crippen molar-refractivity contribution in [1.29, 1.82) is 0 Å². The molecule has 0 aliphatic heterocycles. The van der Waals surface area contributed by atoms with E-state index in [1.807, 2.05) is 0 Å². The number of nitrogens with one attached hydrogen (secondary N) is 1. The number of aliphatic carboxylic acids is 1. The third-order valence-electron chi connectivity index (χ3n) is 2.16. The molecule has 0 bridgehead atoms. The molecule has 0 aliphatic carbocycles. The molecule has 17 heavy (non-hydrogen) atoms. The van der Waals surface area contributed by atoms with Crippen LogP contribution in [-0.4, -0.2) is 28.8 Å². The van der Waals surface area contributed by atoms with Crippen LogP contribution in [0.5, 0.6) is 0 Å². The van der Waals surface area contributed by atoms with Crippen LogP contribution >= 0.6 is 0 Å². The Hall–Kier alpha value is -2.17. The number of carboxylic acid groups (broad SMARTS) is 1. The summed E-state index contributed by atoms with van der Waals surface area (Å²) in [7, 11) is 0. The Kier molecular flexibility index (Phi) is 3.98. The molecule has 0 spiro atoms. The van der Waals surface area contributed by atoms with Crippen LogP contribution in [0.25, 0.3) is 0 Å². The maximum absolute atomic E-state index is 11.9. The van der Waals surface area contributed by atoms with Gasteiger partial charge in [0.15, 0.2) is 11.8 Å². The van der Waals surface area contributed by atoms with Gasteiger partial charge in [-0.25, -0.2) is 4.79 Å². The van der Waals surface area contributed by atoms with E-state index in [0.29, 0.717) is 0 Å². The van der Waals surface area contributed by atoms with Gasteiger partial charge in [-0.3, -0.25) is 9.59 Å². The summed E-state index contributed by atoms with van der Waals surface area (Å²) < 4.78 is 0. The van der Waals surface area contributed by atoms with Crippen molar-refractivity contribution in [3.8, 4) is 0 Å². The van der Waals surface area contributed by atoms with Crippen molar-refractivity contribution in [2.24, 2.45) is 0 Å². The zero-order valence-electron chi connectivity index (χ0n) is 9.56. The van der Waals surface area contributed by atoms with E-state index in [2.05, 4.69) is 5.32 Å². The first-order valence-corrected chi connectivity index (χ1v) is 5.02. The predicted octanol–water partition coefficient (Wildman–Crippen LogP) is 0.767. The van der Waals surface area contributed by atoms with Gasteiger partial charge in [-0.1, -0.05) is 23.8 Å². The number of carboxylic acids is 1. The zero-order chi connectivity index (χ0) is 13.0. The highest BCUT2D eigenvalue weighted by molar-refractivity contribution is 6.13. The number of Topliss-reactive ketones (excluding diaryl/α,β-unsaturated/α-hetero) is 1. The number of ketones is 1. The zero-order valence-corrected chi connectivity index (χ0v) is 9.56. The van der Waals surface area contributed by atoms with Crippen LogP contribution in [0.4, 0.5) is 0 Å². The molecule has 1 amide bonds. The maximum atomic E-state index is 11.9. The topological polar surface area (TPSA) is 83.5 Å². The third-order valence-corrected chi connectivity index (χ3v) is 2.16. The van der Waals surface area contributed by atoms with Gasteiger partial charge in [-0.15, -0.1) is 0 Å². The van der Waals surface area contributed by atoms with Gasteiger partial charge in [-0.2, -0.15) is 0 Å². The lowest BCUT2D eigenvalue weighted by atomic mass is 10.0. The fraction of sp³-hybridized carbons (Fsp3) is 0.250. The third kappa shape index (κ3) is 3.41. The average molecular weight is 235 g/mol. The molecule has 0 aliphatic rings. The minimum absolute atomic E-state index is 0.270. The number of hydrogen-bond donors (Lipinski definition) is 2. The van der Waals surface area contributed by atoms with Gasteiger partial charge in [0.2, 0.25) is 5.91 Å². The second-order valence-electron chi connectivity index (χ2n) is 3.71. The molecule has 90 valence electrons. The summed E-state index contributed by atoms with van der Waals surface area (Å²) in [6, 6.07) is 5.03. The lowest BCUT2D eigenvalue weighted by Crippen LogP contribution is -2.45. The van der Waals surface area contributed by atoms with Gasteiger partial charge < -0.3 is 10.4 Å². The molecular formula is C12H13NO4. The van der Waals surface area contributed by atoms with E-state index in [9.17, 15) is 14.4 Å². The second kappa shape index (κ2) is 5.25. The van der Waals surface area contributed by atoms with Crippen LogP contribution in [-0.2, 0) is 9.59 Å². The van der Waals surface area contributed by atoms with Gasteiger partial charge in [0.05, 0.1) is 0 Å². The van der Waals surface area contributed by atoms with Crippen molar-refractivity contribution >= 4 is 17.7 Å². The van der Waals surface area contributed by atoms with Gasteiger partial charge in [0.25, 0.3) is 0 Å². The number of hydrogen-bond acceptors (Lipinski definition) is 3. The van der Waals surface area contributed by atoms with Crippen molar-refractivity contribution < 1.29 is 19.5 Å². The molecular weight excluding hydrogens is 222 g/mol. The molecule has 1 unspecified atom stereocenters. The first kappa shape index (κ1) is 12.9. The molecule has 1 atom stereocenters. The molecule has 1 aromatic rings. The molecule has 0 saturated heterocycles. The van der Waals surface area contributed by atoms with E-state index < -0.39 is 23.7 Å². The normalized spacial score (nSPS) is 11.6. The van der Waals surface area contributed by atoms with Crippen LogP contribution in [0.3, 0.4) is 0 Å². The number of amides is 1. The van der Waals surface area contributed by atoms with Crippen molar-refractivity contribution in [2.75, 3.05) is 0 Å². The van der Waals surface area contributed by atoms with E-state index in [1.54, 1.807) is 25.1 Å². The lowest BCUT2D eigenvalue weighted by Gasteiger charge is -2.12. The Bertz CT molecular complexity index is 467. The first-order chi connectivity index (χ1) is 7.91. The summed E-state index contributed by atoms with van der Waals surface area (Å²) in [6.45, 7) is 2.96. The number of aryl methyl sites for hydroxylation is 1. The highest BCUT2D eigenvalue weighted by Gasteiger charge is 2.27. The number of rotatable bonds is 4. The molecule has 1 aromatic carbocycles. The average Bonchev–Trinajstić information content (AvgIpc) is 2.24. The molecule has 0 radical (unpaired) electrons. The molecule has 0 saturated carbocycles. The monoisotopic (exact) mass is 235 g/mol. The van der Waals surface area contributed by atoms with Crippen LogP contribution in [0.1, 0.15) is 22.8 Å². The second-order valence-corrected chi connectivity index (χ2v) is 3.71. The van der Waals surface area contributed by atoms with Crippen LogP contribution in [0.2, 0.25) is 0 Å². The maximum Gasteiger partial charge on any atom is 0.334 e. The molecule has 0 fully saturated rings. The Morgan fingerprint density at radius 3 is 2.41 bits per heavy atom. The summed E-state index contributed by atoms with van der Waals surface area (Å²) in [6.07, 6.45) is 0. The molecule has 1 rings (SSSR count). The fourth-order valence-electron chi connectivity index (χ4n) is 1.41. The van der Waals surface area contributed by atoms with Crippen LogP contribution in [0.15, 0.2) is 24.3 Å². The Labute approximate surface area is 98.4 Å². The minimum Gasteiger partial charge on any atom is -0.479 e. The molecule has 2 N–H and O–H groups in total. The van der Waals surface area contributed by atoms with E-state index in [0.717, 1.165) is 5.56 Å². The summed E-state index contributed by atoms with van der Waals surface area (Å²) in [5.41, 5.74) is 1.12. The highest BCUT2D eigenvalue weighted by atomic mass is 16.4. The van der Waals surface area contributed by atoms with Gasteiger partial charge in [-0.05, 0) is 13.0 Å². The Morgan fingerprint density at radius 1 is 1.29 bits per heavy atom. The predicted molar refractivity (Wildman–Crippen MR) is 60.8 cm³/mol. The van der Waals surface area contributed by atoms with Crippen molar-refractivity contribution in [1.82, 2.24) is 5.32 Å². The van der Waals surface area contributed by atoms with E-state index >= 15 is 0 Å². The molecule has 0 heterocycles. The van der Waals surface area contributed by atoms with Gasteiger partial charge >= 0.3 is 5.97 Å². The lowest BCUT2D eigenvalue weighted by molar-refractivity contribution is -0.140. The van der Waals surface area contributed by atoms with Crippen LogP contribution < -0.4 is 5.32 Å². The largest absolute Gasteiger partial charge is 0.479 e. The summed E-state index contributed by atoms with van der Waals surface area (Å²) in [5.74, 6) is -2.55. The van der Waals surface area contributed by atoms with Crippen molar-refractivity contribution in [3.63, 3.8) is 0 Å². The number of benzene rings is 1.